The highest BCUT2D eigenvalue weighted by atomic mass is 35.5. The SMILES string of the molecule is Cc1ccc2c(c1)C(N)C(C)C2.Cl. The molecule has 0 aromatic heterocycles. The lowest BCUT2D eigenvalue weighted by Crippen LogP contribution is -2.13. The average molecular weight is 198 g/mol. The zero-order valence-electron chi connectivity index (χ0n) is 8.08. The molecule has 0 heterocycles. The molecule has 72 valence electrons. The van der Waals surface area contributed by atoms with Gasteiger partial charge < -0.3 is 5.73 Å². The highest BCUT2D eigenvalue weighted by molar-refractivity contribution is 5.85. The molecule has 1 aromatic rings. The van der Waals surface area contributed by atoms with Crippen molar-refractivity contribution >= 4 is 12.4 Å². The van der Waals surface area contributed by atoms with Gasteiger partial charge in [0.1, 0.15) is 0 Å². The fourth-order valence-corrected chi connectivity index (χ4v) is 1.99. The van der Waals surface area contributed by atoms with Crippen LogP contribution in [0.4, 0.5) is 0 Å². The molecular formula is C11H16ClN. The lowest BCUT2D eigenvalue weighted by molar-refractivity contribution is 0.513. The van der Waals surface area contributed by atoms with Gasteiger partial charge in [-0.15, -0.1) is 12.4 Å². The van der Waals surface area contributed by atoms with Crippen LogP contribution in [0.3, 0.4) is 0 Å². The predicted molar refractivity (Wildman–Crippen MR) is 58.2 cm³/mol. The van der Waals surface area contributed by atoms with Gasteiger partial charge in [-0.25, -0.2) is 0 Å². The Labute approximate surface area is 85.7 Å². The van der Waals surface area contributed by atoms with E-state index in [-0.39, 0.29) is 18.4 Å². The zero-order valence-corrected chi connectivity index (χ0v) is 8.90. The first-order valence-electron chi connectivity index (χ1n) is 4.53. The van der Waals surface area contributed by atoms with E-state index < -0.39 is 0 Å². The molecule has 0 bridgehead atoms. The molecule has 0 fully saturated rings. The Morgan fingerprint density at radius 2 is 2.08 bits per heavy atom. The first-order chi connectivity index (χ1) is 5.68. The van der Waals surface area contributed by atoms with Gasteiger partial charge in [0.2, 0.25) is 0 Å². The molecular weight excluding hydrogens is 182 g/mol. The summed E-state index contributed by atoms with van der Waals surface area (Å²) in [6, 6.07) is 6.88. The summed E-state index contributed by atoms with van der Waals surface area (Å²) >= 11 is 0. The van der Waals surface area contributed by atoms with Gasteiger partial charge in [0.05, 0.1) is 0 Å². The zero-order chi connectivity index (χ0) is 8.72. The lowest BCUT2D eigenvalue weighted by atomic mass is 10.0. The van der Waals surface area contributed by atoms with Crippen LogP contribution in [-0.4, -0.2) is 0 Å². The Morgan fingerprint density at radius 1 is 1.38 bits per heavy atom. The number of nitrogens with two attached hydrogens (primary N) is 1. The number of rotatable bonds is 0. The van der Waals surface area contributed by atoms with Crippen molar-refractivity contribution in [1.29, 1.82) is 0 Å². The first-order valence-corrected chi connectivity index (χ1v) is 4.53. The van der Waals surface area contributed by atoms with E-state index in [4.69, 9.17) is 5.73 Å². The molecule has 1 aromatic carbocycles. The molecule has 13 heavy (non-hydrogen) atoms. The fourth-order valence-electron chi connectivity index (χ4n) is 1.99. The van der Waals surface area contributed by atoms with Crippen LogP contribution in [0.15, 0.2) is 18.2 Å². The summed E-state index contributed by atoms with van der Waals surface area (Å²) in [7, 11) is 0. The molecule has 1 nitrogen and oxygen atoms in total. The maximum atomic E-state index is 6.06. The van der Waals surface area contributed by atoms with E-state index in [0.29, 0.717) is 5.92 Å². The quantitative estimate of drug-likeness (QED) is 0.680. The summed E-state index contributed by atoms with van der Waals surface area (Å²) in [5.41, 5.74) is 10.2. The smallest absolute Gasteiger partial charge is 0.0326 e. The minimum Gasteiger partial charge on any atom is -0.324 e. The van der Waals surface area contributed by atoms with Crippen LogP contribution in [0.5, 0.6) is 0 Å². The van der Waals surface area contributed by atoms with Gasteiger partial charge in [0.25, 0.3) is 0 Å². The van der Waals surface area contributed by atoms with E-state index >= 15 is 0 Å². The van der Waals surface area contributed by atoms with Crippen molar-refractivity contribution in [1.82, 2.24) is 0 Å². The van der Waals surface area contributed by atoms with Crippen molar-refractivity contribution < 1.29 is 0 Å². The van der Waals surface area contributed by atoms with Crippen molar-refractivity contribution in [2.75, 3.05) is 0 Å². The predicted octanol–water partition coefficient (Wildman–Crippen LogP) is 2.61. The van der Waals surface area contributed by atoms with Gasteiger partial charge in [-0.1, -0.05) is 30.7 Å². The number of halogens is 1. The second-order valence-corrected chi connectivity index (χ2v) is 3.91. The molecule has 0 saturated heterocycles. The van der Waals surface area contributed by atoms with Crippen LogP contribution < -0.4 is 5.73 Å². The van der Waals surface area contributed by atoms with Crippen molar-refractivity contribution in [2.45, 2.75) is 26.3 Å². The van der Waals surface area contributed by atoms with Crippen molar-refractivity contribution in [3.8, 4) is 0 Å². The minimum absolute atomic E-state index is 0. The normalized spacial score (nSPS) is 25.2. The second kappa shape index (κ2) is 3.69. The molecule has 1 aliphatic carbocycles. The third-order valence-electron chi connectivity index (χ3n) is 2.82. The summed E-state index contributed by atoms with van der Waals surface area (Å²) in [6.07, 6.45) is 1.15. The molecule has 2 unspecified atom stereocenters. The van der Waals surface area contributed by atoms with Crippen LogP contribution >= 0.6 is 12.4 Å². The number of fused-ring (bicyclic) bond motifs is 1. The topological polar surface area (TPSA) is 26.0 Å². The highest BCUT2D eigenvalue weighted by Gasteiger charge is 2.25. The Balaban J connectivity index is 0.000000845. The van der Waals surface area contributed by atoms with Crippen molar-refractivity contribution in [3.05, 3.63) is 34.9 Å². The number of hydrogen-bond donors (Lipinski definition) is 1. The van der Waals surface area contributed by atoms with Gasteiger partial charge in [-0.05, 0) is 30.4 Å². The molecule has 2 atom stereocenters. The summed E-state index contributed by atoms with van der Waals surface area (Å²) in [5.74, 6) is 0.613. The maximum absolute atomic E-state index is 6.06. The van der Waals surface area contributed by atoms with Crippen LogP contribution in [0.1, 0.15) is 29.7 Å². The molecule has 0 aliphatic heterocycles. The summed E-state index contributed by atoms with van der Waals surface area (Å²) in [6.45, 7) is 4.34. The van der Waals surface area contributed by atoms with Crippen molar-refractivity contribution in [3.63, 3.8) is 0 Å². The molecule has 1 aliphatic rings. The van der Waals surface area contributed by atoms with E-state index in [1.165, 1.54) is 16.7 Å². The van der Waals surface area contributed by atoms with Gasteiger partial charge in [-0.2, -0.15) is 0 Å². The van der Waals surface area contributed by atoms with E-state index in [2.05, 4.69) is 32.0 Å². The lowest BCUT2D eigenvalue weighted by Gasteiger charge is -2.09. The molecule has 2 heteroatoms. The van der Waals surface area contributed by atoms with Crippen LogP contribution in [0, 0.1) is 12.8 Å². The molecule has 0 saturated carbocycles. The van der Waals surface area contributed by atoms with Gasteiger partial charge >= 0.3 is 0 Å². The maximum Gasteiger partial charge on any atom is 0.0326 e. The average Bonchev–Trinajstić information content (AvgIpc) is 2.31. The van der Waals surface area contributed by atoms with Gasteiger partial charge in [0.15, 0.2) is 0 Å². The number of aryl methyl sites for hydroxylation is 1. The monoisotopic (exact) mass is 197 g/mol. The summed E-state index contributed by atoms with van der Waals surface area (Å²) < 4.78 is 0. The van der Waals surface area contributed by atoms with Crippen molar-refractivity contribution in [2.24, 2.45) is 11.7 Å². The molecule has 0 radical (unpaired) electrons. The standard InChI is InChI=1S/C11H15N.ClH/c1-7-3-4-9-6-8(2)11(12)10(9)5-7;/h3-5,8,11H,6,12H2,1-2H3;1H. The third-order valence-corrected chi connectivity index (χ3v) is 2.82. The molecule has 2 N–H and O–H groups in total. The van der Waals surface area contributed by atoms with Gasteiger partial charge in [-0.3, -0.25) is 0 Å². The number of benzene rings is 1. The highest BCUT2D eigenvalue weighted by Crippen LogP contribution is 2.34. The Hall–Kier alpha value is -0.530. The second-order valence-electron chi connectivity index (χ2n) is 3.91. The summed E-state index contributed by atoms with van der Waals surface area (Å²) in [5, 5.41) is 0. The third kappa shape index (κ3) is 1.72. The minimum atomic E-state index is 0. The first kappa shape index (κ1) is 10.6. The van der Waals surface area contributed by atoms with Crippen LogP contribution in [-0.2, 0) is 6.42 Å². The van der Waals surface area contributed by atoms with Crippen LogP contribution in [0.25, 0.3) is 0 Å². The Bertz CT molecular complexity index is 309. The van der Waals surface area contributed by atoms with E-state index in [0.717, 1.165) is 6.42 Å². The molecule has 0 amide bonds. The number of hydrogen-bond acceptors (Lipinski definition) is 1. The molecule has 2 rings (SSSR count). The largest absolute Gasteiger partial charge is 0.324 e. The van der Waals surface area contributed by atoms with E-state index in [1.54, 1.807) is 0 Å². The van der Waals surface area contributed by atoms with E-state index in [1.807, 2.05) is 0 Å². The summed E-state index contributed by atoms with van der Waals surface area (Å²) in [4.78, 5) is 0. The van der Waals surface area contributed by atoms with E-state index in [9.17, 15) is 0 Å². The van der Waals surface area contributed by atoms with Crippen LogP contribution in [0.2, 0.25) is 0 Å². The van der Waals surface area contributed by atoms with Gasteiger partial charge in [0, 0.05) is 6.04 Å². The Morgan fingerprint density at radius 3 is 2.77 bits per heavy atom. The molecule has 0 spiro atoms. The fraction of sp³-hybridized carbons (Fsp3) is 0.455. The Kier molecular flexibility index (Phi) is 2.99.